The molecule has 1 unspecified atom stereocenters. The third-order valence-corrected chi connectivity index (χ3v) is 6.67. The van der Waals surface area contributed by atoms with Crippen molar-refractivity contribution in [3.05, 3.63) is 35.5 Å². The molecular formula is C20H30O2. The lowest BCUT2D eigenvalue weighted by atomic mass is 9.64. The van der Waals surface area contributed by atoms with Crippen LogP contribution in [0.5, 0.6) is 0 Å². The Morgan fingerprint density at radius 2 is 2.00 bits per heavy atom. The molecule has 0 amide bonds. The highest BCUT2D eigenvalue weighted by atomic mass is 16.3. The summed E-state index contributed by atoms with van der Waals surface area (Å²) in [6.07, 6.45) is 10.8. The summed E-state index contributed by atoms with van der Waals surface area (Å²) in [4.78, 5) is 0. The van der Waals surface area contributed by atoms with Gasteiger partial charge in [0.2, 0.25) is 0 Å². The van der Waals surface area contributed by atoms with Crippen molar-refractivity contribution >= 4 is 0 Å². The van der Waals surface area contributed by atoms with Gasteiger partial charge in [0.15, 0.2) is 0 Å². The van der Waals surface area contributed by atoms with E-state index in [0.29, 0.717) is 29.6 Å². The maximum atomic E-state index is 10.5. The van der Waals surface area contributed by atoms with Crippen LogP contribution in [-0.4, -0.2) is 22.9 Å². The van der Waals surface area contributed by atoms with Gasteiger partial charge in [0.1, 0.15) is 0 Å². The van der Waals surface area contributed by atoms with Crippen molar-refractivity contribution < 1.29 is 10.2 Å². The average molecular weight is 302 g/mol. The maximum absolute atomic E-state index is 10.5. The number of hydrogen-bond donors (Lipinski definition) is 2. The van der Waals surface area contributed by atoms with E-state index < -0.39 is 0 Å². The molecule has 3 rings (SSSR count). The second-order valence-electron chi connectivity index (χ2n) is 7.99. The summed E-state index contributed by atoms with van der Waals surface area (Å²) in [5.41, 5.74) is 2.65. The molecule has 0 aromatic heterocycles. The van der Waals surface area contributed by atoms with Gasteiger partial charge in [0.05, 0.1) is 12.7 Å². The van der Waals surface area contributed by atoms with Crippen molar-refractivity contribution in [2.45, 2.75) is 46.6 Å². The molecule has 0 aromatic rings. The quantitative estimate of drug-likeness (QED) is 0.777. The largest absolute Gasteiger partial charge is 0.395 e. The first-order valence-electron chi connectivity index (χ1n) is 8.70. The summed E-state index contributed by atoms with van der Waals surface area (Å²) in [5, 5.41) is 20.6. The van der Waals surface area contributed by atoms with Crippen molar-refractivity contribution in [1.82, 2.24) is 0 Å². The van der Waals surface area contributed by atoms with Gasteiger partial charge in [-0.3, -0.25) is 0 Å². The van der Waals surface area contributed by atoms with Gasteiger partial charge in [-0.2, -0.15) is 0 Å². The molecule has 2 bridgehead atoms. The minimum atomic E-state index is -0.183. The molecule has 0 radical (unpaired) electrons. The second kappa shape index (κ2) is 5.65. The molecule has 3 aliphatic carbocycles. The van der Waals surface area contributed by atoms with E-state index in [1.165, 1.54) is 11.1 Å². The number of aliphatic hydroxyl groups is 2. The lowest BCUT2D eigenvalue weighted by Gasteiger charge is -2.41. The summed E-state index contributed by atoms with van der Waals surface area (Å²) in [7, 11) is 0. The second-order valence-corrected chi connectivity index (χ2v) is 7.99. The van der Waals surface area contributed by atoms with Gasteiger partial charge in [-0.15, -0.1) is 0 Å². The zero-order valence-electron chi connectivity index (χ0n) is 14.3. The van der Waals surface area contributed by atoms with E-state index in [1.807, 2.05) is 0 Å². The summed E-state index contributed by atoms with van der Waals surface area (Å²) in [6.45, 7) is 8.97. The van der Waals surface area contributed by atoms with Gasteiger partial charge in [0.25, 0.3) is 0 Å². The Morgan fingerprint density at radius 1 is 1.27 bits per heavy atom. The molecule has 0 saturated heterocycles. The topological polar surface area (TPSA) is 40.5 Å². The Labute approximate surface area is 134 Å². The Kier molecular flexibility index (Phi) is 4.11. The van der Waals surface area contributed by atoms with Crippen LogP contribution in [0, 0.1) is 35.0 Å². The van der Waals surface area contributed by atoms with E-state index in [-0.39, 0.29) is 18.1 Å². The number of fused-ring (bicyclic) bond motifs is 5. The van der Waals surface area contributed by atoms with Crippen LogP contribution < -0.4 is 0 Å². The Bertz CT molecular complexity index is 526. The van der Waals surface area contributed by atoms with Crippen molar-refractivity contribution in [2.75, 3.05) is 6.61 Å². The summed E-state index contributed by atoms with van der Waals surface area (Å²) >= 11 is 0. The summed E-state index contributed by atoms with van der Waals surface area (Å²) < 4.78 is 0. The molecule has 2 heteroatoms. The van der Waals surface area contributed by atoms with E-state index in [1.54, 1.807) is 0 Å². The predicted molar refractivity (Wildman–Crippen MR) is 90.2 cm³/mol. The standard InChI is InChI=1S/C20H30O2/c1-12(2)6-5-7-13(3)15-8-9-20(11-21)16-10-17(22)18(14(16)4)19(15)20/h6-9,14-19,21-22H,5,10-11H2,1-4H3/b13-7-/t14?,15-,16-,17-,18-,19-,20-/m0/s1. The number of rotatable bonds is 4. The van der Waals surface area contributed by atoms with Gasteiger partial charge in [-0.25, -0.2) is 0 Å². The molecule has 2 saturated carbocycles. The highest BCUT2D eigenvalue weighted by Gasteiger charge is 2.66. The first kappa shape index (κ1) is 16.0. The van der Waals surface area contributed by atoms with Gasteiger partial charge in [-0.05, 0) is 57.3 Å². The molecule has 2 nitrogen and oxygen atoms in total. The molecule has 22 heavy (non-hydrogen) atoms. The van der Waals surface area contributed by atoms with Gasteiger partial charge in [0, 0.05) is 11.3 Å². The van der Waals surface area contributed by atoms with Gasteiger partial charge < -0.3 is 10.2 Å². The van der Waals surface area contributed by atoms with Crippen molar-refractivity contribution in [3.63, 3.8) is 0 Å². The third-order valence-electron chi connectivity index (χ3n) is 6.67. The lowest BCUT2D eigenvalue weighted by molar-refractivity contribution is -0.0104. The van der Waals surface area contributed by atoms with Crippen LogP contribution in [0.4, 0.5) is 0 Å². The van der Waals surface area contributed by atoms with Crippen molar-refractivity contribution in [3.8, 4) is 0 Å². The van der Waals surface area contributed by atoms with Crippen molar-refractivity contribution in [1.29, 1.82) is 0 Å². The Hall–Kier alpha value is -0.860. The molecule has 0 spiro atoms. The van der Waals surface area contributed by atoms with E-state index in [0.717, 1.165) is 12.8 Å². The van der Waals surface area contributed by atoms with Crippen LogP contribution >= 0.6 is 0 Å². The molecule has 0 aliphatic heterocycles. The molecule has 2 fully saturated rings. The monoisotopic (exact) mass is 302 g/mol. The van der Waals surface area contributed by atoms with E-state index in [2.05, 4.69) is 52.0 Å². The molecule has 2 N–H and O–H groups in total. The van der Waals surface area contributed by atoms with Gasteiger partial charge >= 0.3 is 0 Å². The van der Waals surface area contributed by atoms with Crippen LogP contribution in [0.1, 0.15) is 40.5 Å². The average Bonchev–Trinajstić information content (AvgIpc) is 3.04. The van der Waals surface area contributed by atoms with Crippen molar-refractivity contribution in [2.24, 2.45) is 35.0 Å². The van der Waals surface area contributed by atoms with Crippen LogP contribution in [0.25, 0.3) is 0 Å². The third kappa shape index (κ3) is 2.15. The molecule has 0 aromatic carbocycles. The Balaban J connectivity index is 1.87. The number of aliphatic hydroxyl groups excluding tert-OH is 2. The molecule has 0 heterocycles. The van der Waals surface area contributed by atoms with Gasteiger partial charge in [-0.1, -0.05) is 42.4 Å². The highest BCUT2D eigenvalue weighted by molar-refractivity contribution is 5.32. The Morgan fingerprint density at radius 3 is 2.64 bits per heavy atom. The minimum absolute atomic E-state index is 0.0837. The zero-order valence-corrected chi connectivity index (χ0v) is 14.3. The van der Waals surface area contributed by atoms with Crippen LogP contribution in [0.15, 0.2) is 35.5 Å². The number of hydrogen-bond acceptors (Lipinski definition) is 2. The molecule has 3 aliphatic rings. The zero-order chi connectivity index (χ0) is 16.1. The molecular weight excluding hydrogens is 272 g/mol. The minimum Gasteiger partial charge on any atom is -0.395 e. The van der Waals surface area contributed by atoms with Crippen LogP contribution in [-0.2, 0) is 0 Å². The summed E-state index contributed by atoms with van der Waals surface area (Å²) in [6, 6.07) is 0. The first-order chi connectivity index (χ1) is 10.4. The molecule has 122 valence electrons. The molecule has 7 atom stereocenters. The lowest BCUT2D eigenvalue weighted by Crippen LogP contribution is -2.42. The van der Waals surface area contributed by atoms with E-state index in [9.17, 15) is 10.2 Å². The fraction of sp³-hybridized carbons (Fsp3) is 0.700. The summed E-state index contributed by atoms with van der Waals surface area (Å²) in [5.74, 6) is 2.05. The smallest absolute Gasteiger partial charge is 0.0577 e. The SMILES string of the molecule is CC(C)=CC/C=C(/C)[C@@H]1C=C[C@@]2(CO)[C@@H]1[C@H]1C(C)[C@@H]2C[C@@H]1O. The fourth-order valence-electron chi connectivity index (χ4n) is 5.67. The normalized spacial score (nSPS) is 46.2. The first-order valence-corrected chi connectivity index (χ1v) is 8.70. The fourth-order valence-corrected chi connectivity index (χ4v) is 5.67. The number of allylic oxidation sites excluding steroid dienone is 5. The maximum Gasteiger partial charge on any atom is 0.0577 e. The van der Waals surface area contributed by atoms with E-state index >= 15 is 0 Å². The highest BCUT2D eigenvalue weighted by Crippen LogP contribution is 2.68. The van der Waals surface area contributed by atoms with Crippen LogP contribution in [0.3, 0.4) is 0 Å². The predicted octanol–water partition coefficient (Wildman–Crippen LogP) is 3.72. The van der Waals surface area contributed by atoms with E-state index in [4.69, 9.17) is 0 Å². The van der Waals surface area contributed by atoms with Crippen LogP contribution in [0.2, 0.25) is 0 Å².